The van der Waals surface area contributed by atoms with E-state index in [1.807, 2.05) is 24.3 Å². The van der Waals surface area contributed by atoms with Crippen molar-refractivity contribution in [3.8, 4) is 0 Å². The number of carbonyl (C=O) groups excluding carboxylic acids is 1. The molecule has 22 heavy (non-hydrogen) atoms. The fraction of sp³-hybridized carbons (Fsp3) is 0.200. The van der Waals surface area contributed by atoms with Gasteiger partial charge in [0.1, 0.15) is 0 Å². The van der Waals surface area contributed by atoms with E-state index in [-0.39, 0.29) is 18.1 Å². The van der Waals surface area contributed by atoms with Crippen LogP contribution >= 0.6 is 15.9 Å². The van der Waals surface area contributed by atoms with Crippen molar-refractivity contribution < 1.29 is 13.9 Å². The number of aryl methyl sites for hydroxylation is 1. The highest BCUT2D eigenvalue weighted by atomic mass is 79.9. The van der Waals surface area contributed by atoms with E-state index in [0.29, 0.717) is 17.6 Å². The standard InChI is InChI=1S/C15H13BrN2O4/c16-13-7-6-12(22-13)14(19)21-9-3-8-18-11-5-2-1-4-10(11)17-15(18)20/h1-2,4-7H,3,8-9H2,(H,17,20). The zero-order valence-electron chi connectivity index (χ0n) is 11.5. The average Bonchev–Trinajstić information content (AvgIpc) is 3.07. The molecule has 0 fully saturated rings. The number of imidazole rings is 1. The van der Waals surface area contributed by atoms with Crippen molar-refractivity contribution >= 4 is 32.9 Å². The number of nitrogens with one attached hydrogen (secondary N) is 1. The van der Waals surface area contributed by atoms with Gasteiger partial charge in [-0.1, -0.05) is 12.1 Å². The van der Waals surface area contributed by atoms with Crippen LogP contribution in [0.2, 0.25) is 0 Å². The highest BCUT2D eigenvalue weighted by Gasteiger charge is 2.12. The zero-order valence-corrected chi connectivity index (χ0v) is 13.1. The van der Waals surface area contributed by atoms with E-state index in [1.165, 1.54) is 6.07 Å². The first kappa shape index (κ1) is 14.6. The Morgan fingerprint density at radius 3 is 2.86 bits per heavy atom. The number of benzene rings is 1. The maximum atomic E-state index is 11.9. The van der Waals surface area contributed by atoms with Crippen LogP contribution in [0, 0.1) is 0 Å². The van der Waals surface area contributed by atoms with Crippen molar-refractivity contribution in [2.24, 2.45) is 0 Å². The molecule has 0 aliphatic heterocycles. The van der Waals surface area contributed by atoms with Crippen LogP contribution in [-0.2, 0) is 11.3 Å². The second-order valence-electron chi connectivity index (χ2n) is 4.69. The largest absolute Gasteiger partial charge is 0.460 e. The van der Waals surface area contributed by atoms with Crippen LogP contribution in [0.1, 0.15) is 17.0 Å². The number of esters is 1. The van der Waals surface area contributed by atoms with Crippen LogP contribution in [0.5, 0.6) is 0 Å². The van der Waals surface area contributed by atoms with Crippen molar-refractivity contribution in [2.75, 3.05) is 6.61 Å². The molecule has 6 nitrogen and oxygen atoms in total. The van der Waals surface area contributed by atoms with Gasteiger partial charge < -0.3 is 14.1 Å². The van der Waals surface area contributed by atoms with Gasteiger partial charge in [-0.05, 0) is 46.6 Å². The molecule has 0 saturated heterocycles. The Balaban J connectivity index is 1.58. The number of para-hydroxylation sites is 2. The summed E-state index contributed by atoms with van der Waals surface area (Å²) in [7, 11) is 0. The first-order valence-corrected chi connectivity index (χ1v) is 7.54. The number of fused-ring (bicyclic) bond motifs is 1. The smallest absolute Gasteiger partial charge is 0.374 e. The number of H-pyrrole nitrogens is 1. The summed E-state index contributed by atoms with van der Waals surface area (Å²) in [6.07, 6.45) is 0.537. The molecule has 3 aromatic rings. The molecule has 7 heteroatoms. The first-order valence-electron chi connectivity index (χ1n) is 6.75. The van der Waals surface area contributed by atoms with Crippen LogP contribution < -0.4 is 5.69 Å². The number of aromatic amines is 1. The SMILES string of the molecule is O=C(OCCCn1c(=O)[nH]c2ccccc21)c1ccc(Br)o1. The minimum Gasteiger partial charge on any atom is -0.460 e. The molecule has 0 aliphatic carbocycles. The quantitative estimate of drug-likeness (QED) is 0.557. The molecule has 0 atom stereocenters. The van der Waals surface area contributed by atoms with Crippen LogP contribution in [0.15, 0.2) is 50.3 Å². The van der Waals surface area contributed by atoms with E-state index in [9.17, 15) is 9.59 Å². The van der Waals surface area contributed by atoms with Crippen molar-refractivity contribution in [2.45, 2.75) is 13.0 Å². The number of furan rings is 1. The Kier molecular flexibility index (Phi) is 4.15. The molecule has 1 N–H and O–H groups in total. The lowest BCUT2D eigenvalue weighted by Gasteiger charge is -2.04. The Hall–Kier alpha value is -2.28. The molecule has 0 bridgehead atoms. The molecule has 0 spiro atoms. The third kappa shape index (κ3) is 2.99. The van der Waals surface area contributed by atoms with Gasteiger partial charge in [0, 0.05) is 6.54 Å². The number of rotatable bonds is 5. The second-order valence-corrected chi connectivity index (χ2v) is 5.47. The summed E-state index contributed by atoms with van der Waals surface area (Å²) in [6.45, 7) is 0.682. The highest BCUT2D eigenvalue weighted by molar-refractivity contribution is 9.10. The molecular formula is C15H13BrN2O4. The number of nitrogens with zero attached hydrogens (tertiary/aromatic N) is 1. The first-order chi connectivity index (χ1) is 10.6. The molecular weight excluding hydrogens is 352 g/mol. The summed E-state index contributed by atoms with van der Waals surface area (Å²) in [5.41, 5.74) is 1.47. The molecule has 1 aromatic carbocycles. The highest BCUT2D eigenvalue weighted by Crippen LogP contribution is 2.15. The minimum absolute atomic E-state index is 0.149. The Morgan fingerprint density at radius 2 is 2.09 bits per heavy atom. The van der Waals surface area contributed by atoms with Gasteiger partial charge in [-0.15, -0.1) is 0 Å². The van der Waals surface area contributed by atoms with Gasteiger partial charge >= 0.3 is 11.7 Å². The van der Waals surface area contributed by atoms with Gasteiger partial charge in [-0.2, -0.15) is 0 Å². The average molecular weight is 365 g/mol. The Morgan fingerprint density at radius 1 is 1.27 bits per heavy atom. The molecule has 0 aliphatic rings. The fourth-order valence-electron chi connectivity index (χ4n) is 2.21. The van der Waals surface area contributed by atoms with Crippen LogP contribution in [-0.4, -0.2) is 22.1 Å². The molecule has 3 rings (SSSR count). The van der Waals surface area contributed by atoms with Gasteiger partial charge in [0.2, 0.25) is 5.76 Å². The van der Waals surface area contributed by atoms with Crippen molar-refractivity contribution in [3.05, 3.63) is 57.3 Å². The van der Waals surface area contributed by atoms with E-state index in [1.54, 1.807) is 10.6 Å². The lowest BCUT2D eigenvalue weighted by atomic mass is 10.3. The van der Waals surface area contributed by atoms with E-state index >= 15 is 0 Å². The minimum atomic E-state index is -0.517. The number of aromatic nitrogens is 2. The molecule has 2 heterocycles. The number of carbonyl (C=O) groups is 1. The molecule has 0 amide bonds. The topological polar surface area (TPSA) is 77.2 Å². The lowest BCUT2D eigenvalue weighted by Crippen LogP contribution is -2.18. The number of ether oxygens (including phenoxy) is 1. The third-order valence-electron chi connectivity index (χ3n) is 3.22. The summed E-state index contributed by atoms with van der Waals surface area (Å²) >= 11 is 3.12. The Labute approximate surface area is 133 Å². The second kappa shape index (κ2) is 6.23. The van der Waals surface area contributed by atoms with E-state index in [0.717, 1.165) is 11.0 Å². The zero-order chi connectivity index (χ0) is 15.5. The van der Waals surface area contributed by atoms with Crippen molar-refractivity contribution in [3.63, 3.8) is 0 Å². The summed E-state index contributed by atoms with van der Waals surface area (Å²) in [5, 5.41) is 0. The molecule has 114 valence electrons. The van der Waals surface area contributed by atoms with Crippen LogP contribution in [0.25, 0.3) is 11.0 Å². The molecule has 0 radical (unpaired) electrons. The summed E-state index contributed by atoms with van der Waals surface area (Å²) in [5.74, 6) is -0.367. The predicted molar refractivity (Wildman–Crippen MR) is 83.9 cm³/mol. The fourth-order valence-corrected chi connectivity index (χ4v) is 2.52. The summed E-state index contributed by atoms with van der Waals surface area (Å²) < 4.78 is 12.3. The summed E-state index contributed by atoms with van der Waals surface area (Å²) in [4.78, 5) is 26.3. The van der Waals surface area contributed by atoms with Gasteiger partial charge in [-0.25, -0.2) is 9.59 Å². The third-order valence-corrected chi connectivity index (χ3v) is 3.64. The maximum Gasteiger partial charge on any atom is 0.374 e. The molecule has 0 unspecified atom stereocenters. The van der Waals surface area contributed by atoms with Crippen molar-refractivity contribution in [1.29, 1.82) is 0 Å². The van der Waals surface area contributed by atoms with Crippen LogP contribution in [0.4, 0.5) is 0 Å². The normalized spacial score (nSPS) is 11.0. The molecule has 2 aromatic heterocycles. The Bertz CT molecular complexity index is 862. The van der Waals surface area contributed by atoms with Crippen LogP contribution in [0.3, 0.4) is 0 Å². The van der Waals surface area contributed by atoms with Gasteiger partial charge in [0.25, 0.3) is 0 Å². The number of hydrogen-bond acceptors (Lipinski definition) is 4. The van der Waals surface area contributed by atoms with E-state index in [4.69, 9.17) is 9.15 Å². The molecule has 0 saturated carbocycles. The number of halogens is 1. The number of hydrogen-bond donors (Lipinski definition) is 1. The predicted octanol–water partition coefficient (Wildman–Crippen LogP) is 2.93. The monoisotopic (exact) mass is 364 g/mol. The van der Waals surface area contributed by atoms with E-state index < -0.39 is 5.97 Å². The van der Waals surface area contributed by atoms with E-state index in [2.05, 4.69) is 20.9 Å². The van der Waals surface area contributed by atoms with Gasteiger partial charge in [0.05, 0.1) is 17.6 Å². The van der Waals surface area contributed by atoms with Gasteiger partial charge in [-0.3, -0.25) is 4.57 Å². The maximum absolute atomic E-state index is 11.9. The van der Waals surface area contributed by atoms with Crippen molar-refractivity contribution in [1.82, 2.24) is 9.55 Å². The lowest BCUT2D eigenvalue weighted by molar-refractivity contribution is 0.0458. The van der Waals surface area contributed by atoms with Gasteiger partial charge in [0.15, 0.2) is 4.67 Å². The summed E-state index contributed by atoms with van der Waals surface area (Å²) in [6, 6.07) is 10.6.